The number of ether oxygens (including phenoxy) is 1. The molecule has 0 atom stereocenters. The van der Waals surface area contributed by atoms with Crippen molar-refractivity contribution in [2.75, 3.05) is 7.11 Å². The second-order valence-electron chi connectivity index (χ2n) is 6.98. The maximum Gasteiger partial charge on any atom is 0.119 e. The summed E-state index contributed by atoms with van der Waals surface area (Å²) in [4.78, 5) is 2.85. The van der Waals surface area contributed by atoms with Crippen molar-refractivity contribution in [3.8, 4) is 16.2 Å². The van der Waals surface area contributed by atoms with Gasteiger partial charge in [-0.2, -0.15) is 0 Å². The molecule has 0 saturated carbocycles. The Bertz CT molecular complexity index is 698. The Balaban J connectivity index is 2.09. The normalized spacial score (nSPS) is 16.4. The van der Waals surface area contributed by atoms with Crippen LogP contribution in [-0.2, 0) is 19.4 Å². The molecule has 0 saturated heterocycles. The van der Waals surface area contributed by atoms with Crippen LogP contribution in [0.1, 0.15) is 41.8 Å². The predicted molar refractivity (Wildman–Crippen MR) is 92.8 cm³/mol. The minimum absolute atomic E-state index is 0.0417. The molecule has 2 aromatic rings. The molecule has 1 aliphatic rings. The molecular formula is C19H24O2S. The topological polar surface area (TPSA) is 29.5 Å². The molecule has 3 rings (SSSR count). The minimum Gasteiger partial charge on any atom is -0.497 e. The average Bonchev–Trinajstić information content (AvgIpc) is 2.82. The monoisotopic (exact) mass is 316 g/mol. The van der Waals surface area contributed by atoms with Gasteiger partial charge >= 0.3 is 0 Å². The van der Waals surface area contributed by atoms with Gasteiger partial charge in [0.15, 0.2) is 0 Å². The van der Waals surface area contributed by atoms with Gasteiger partial charge in [0.05, 0.1) is 13.7 Å². The molecule has 1 aromatic heterocycles. The van der Waals surface area contributed by atoms with Gasteiger partial charge in [-0.15, -0.1) is 11.3 Å². The number of hydrogen-bond acceptors (Lipinski definition) is 3. The van der Waals surface area contributed by atoms with Crippen LogP contribution in [0.5, 0.6) is 5.75 Å². The molecule has 3 heteroatoms. The van der Waals surface area contributed by atoms with Crippen LogP contribution < -0.4 is 4.74 Å². The SMILES string of the molecule is COc1ccc(-c2sc3c(c2C)CC(C)(C)CC3)c(CO)c1. The highest BCUT2D eigenvalue weighted by atomic mass is 32.1. The van der Waals surface area contributed by atoms with E-state index in [0.29, 0.717) is 5.41 Å². The van der Waals surface area contributed by atoms with E-state index in [9.17, 15) is 5.11 Å². The lowest BCUT2D eigenvalue weighted by Crippen LogP contribution is -2.21. The van der Waals surface area contributed by atoms with Crippen LogP contribution in [0.4, 0.5) is 0 Å². The average molecular weight is 316 g/mol. The molecule has 0 unspecified atom stereocenters. The molecule has 1 aromatic carbocycles. The number of rotatable bonds is 3. The Morgan fingerprint density at radius 2 is 2.09 bits per heavy atom. The van der Waals surface area contributed by atoms with E-state index < -0.39 is 0 Å². The summed E-state index contributed by atoms with van der Waals surface area (Å²) in [7, 11) is 1.66. The largest absolute Gasteiger partial charge is 0.497 e. The summed E-state index contributed by atoms with van der Waals surface area (Å²) in [5, 5.41) is 9.73. The van der Waals surface area contributed by atoms with Crippen molar-refractivity contribution in [3.05, 3.63) is 39.8 Å². The van der Waals surface area contributed by atoms with E-state index in [0.717, 1.165) is 23.3 Å². The fourth-order valence-corrected chi connectivity index (χ4v) is 4.75. The zero-order valence-corrected chi connectivity index (χ0v) is 14.6. The first-order valence-corrected chi connectivity index (χ1v) is 8.66. The van der Waals surface area contributed by atoms with Crippen LogP contribution >= 0.6 is 11.3 Å². The van der Waals surface area contributed by atoms with E-state index in [1.807, 2.05) is 23.5 Å². The summed E-state index contributed by atoms with van der Waals surface area (Å²) >= 11 is 1.91. The second kappa shape index (κ2) is 5.71. The summed E-state index contributed by atoms with van der Waals surface area (Å²) in [5.41, 5.74) is 5.43. The highest BCUT2D eigenvalue weighted by molar-refractivity contribution is 7.16. The molecule has 0 bridgehead atoms. The number of fused-ring (bicyclic) bond motifs is 1. The molecule has 0 spiro atoms. The maximum absolute atomic E-state index is 9.73. The van der Waals surface area contributed by atoms with Crippen LogP contribution in [0, 0.1) is 12.3 Å². The fraction of sp³-hybridized carbons (Fsp3) is 0.474. The Hall–Kier alpha value is -1.32. The third-order valence-electron chi connectivity index (χ3n) is 4.77. The molecule has 118 valence electrons. The van der Waals surface area contributed by atoms with Crippen LogP contribution in [-0.4, -0.2) is 12.2 Å². The zero-order chi connectivity index (χ0) is 15.9. The van der Waals surface area contributed by atoms with E-state index in [1.54, 1.807) is 7.11 Å². The van der Waals surface area contributed by atoms with Gasteiger partial charge in [-0.05, 0) is 72.1 Å². The van der Waals surface area contributed by atoms with E-state index in [2.05, 4.69) is 26.8 Å². The number of thiophene rings is 1. The summed E-state index contributed by atoms with van der Waals surface area (Å²) in [6.45, 7) is 7.00. The Kier molecular flexibility index (Phi) is 4.04. The Morgan fingerprint density at radius 1 is 1.32 bits per heavy atom. The van der Waals surface area contributed by atoms with E-state index in [4.69, 9.17) is 4.74 Å². The van der Waals surface area contributed by atoms with Gasteiger partial charge in [0.1, 0.15) is 5.75 Å². The molecule has 0 fully saturated rings. The molecule has 0 radical (unpaired) electrons. The quantitative estimate of drug-likeness (QED) is 0.886. The standard InChI is InChI=1S/C19H24O2S/c1-12-16-10-19(2,3)8-7-17(16)22-18(12)15-6-5-14(21-4)9-13(15)11-20/h5-6,9,20H,7-8,10-11H2,1-4H3. The Labute approximate surface area is 136 Å². The van der Waals surface area contributed by atoms with E-state index >= 15 is 0 Å². The van der Waals surface area contributed by atoms with Crippen molar-refractivity contribution in [3.63, 3.8) is 0 Å². The first-order chi connectivity index (χ1) is 10.4. The van der Waals surface area contributed by atoms with Gasteiger partial charge in [-0.1, -0.05) is 13.8 Å². The lowest BCUT2D eigenvalue weighted by molar-refractivity contribution is 0.281. The third-order valence-corrected chi connectivity index (χ3v) is 6.19. The van der Waals surface area contributed by atoms with Crippen LogP contribution in [0.25, 0.3) is 10.4 Å². The van der Waals surface area contributed by atoms with Gasteiger partial charge in [-0.25, -0.2) is 0 Å². The number of aliphatic hydroxyl groups is 1. The summed E-state index contributed by atoms with van der Waals surface area (Å²) in [5.74, 6) is 0.799. The molecular weight excluding hydrogens is 292 g/mol. The minimum atomic E-state index is 0.0417. The second-order valence-corrected chi connectivity index (χ2v) is 8.09. The zero-order valence-electron chi connectivity index (χ0n) is 13.8. The number of benzene rings is 1. The van der Waals surface area contributed by atoms with Crippen molar-refractivity contribution in [2.45, 2.75) is 46.6 Å². The van der Waals surface area contributed by atoms with Gasteiger partial charge in [0.2, 0.25) is 0 Å². The number of hydrogen-bond donors (Lipinski definition) is 1. The lowest BCUT2D eigenvalue weighted by Gasteiger charge is -2.29. The smallest absolute Gasteiger partial charge is 0.119 e. The first kappa shape index (κ1) is 15.6. The van der Waals surface area contributed by atoms with Gasteiger partial charge in [0, 0.05) is 9.75 Å². The molecule has 22 heavy (non-hydrogen) atoms. The van der Waals surface area contributed by atoms with E-state index in [1.165, 1.54) is 33.7 Å². The van der Waals surface area contributed by atoms with Crippen molar-refractivity contribution >= 4 is 11.3 Å². The van der Waals surface area contributed by atoms with Gasteiger partial charge in [0.25, 0.3) is 0 Å². The summed E-state index contributed by atoms with van der Waals surface area (Å²) in [6.07, 6.45) is 3.60. The summed E-state index contributed by atoms with van der Waals surface area (Å²) < 4.78 is 5.28. The number of aliphatic hydroxyl groups excluding tert-OH is 1. The van der Waals surface area contributed by atoms with Crippen LogP contribution in [0.2, 0.25) is 0 Å². The fourth-order valence-electron chi connectivity index (χ4n) is 3.37. The van der Waals surface area contributed by atoms with Crippen molar-refractivity contribution in [1.82, 2.24) is 0 Å². The molecule has 2 nitrogen and oxygen atoms in total. The Morgan fingerprint density at radius 3 is 2.77 bits per heavy atom. The molecule has 1 N–H and O–H groups in total. The van der Waals surface area contributed by atoms with Crippen molar-refractivity contribution in [1.29, 1.82) is 0 Å². The molecule has 0 amide bonds. The van der Waals surface area contributed by atoms with Gasteiger partial charge in [-0.3, -0.25) is 0 Å². The number of aryl methyl sites for hydroxylation is 1. The lowest BCUT2D eigenvalue weighted by atomic mass is 9.76. The van der Waals surface area contributed by atoms with Crippen molar-refractivity contribution < 1.29 is 9.84 Å². The third kappa shape index (κ3) is 2.68. The highest BCUT2D eigenvalue weighted by Crippen LogP contribution is 2.45. The summed E-state index contributed by atoms with van der Waals surface area (Å²) in [6, 6.07) is 6.01. The molecule has 1 heterocycles. The van der Waals surface area contributed by atoms with E-state index in [-0.39, 0.29) is 6.61 Å². The molecule has 1 aliphatic carbocycles. The van der Waals surface area contributed by atoms with Gasteiger partial charge < -0.3 is 9.84 Å². The van der Waals surface area contributed by atoms with Crippen molar-refractivity contribution in [2.24, 2.45) is 5.41 Å². The molecule has 0 aliphatic heterocycles. The predicted octanol–water partition coefficient (Wildman–Crippen LogP) is 4.74. The first-order valence-electron chi connectivity index (χ1n) is 7.84. The van der Waals surface area contributed by atoms with Crippen LogP contribution in [0.3, 0.4) is 0 Å². The maximum atomic E-state index is 9.73. The number of methoxy groups -OCH3 is 1. The highest BCUT2D eigenvalue weighted by Gasteiger charge is 2.29. The van der Waals surface area contributed by atoms with Crippen LogP contribution in [0.15, 0.2) is 18.2 Å².